The third-order valence-corrected chi connectivity index (χ3v) is 7.31. The molecule has 1 saturated heterocycles. The van der Waals surface area contributed by atoms with Gasteiger partial charge in [-0.15, -0.1) is 0 Å². The van der Waals surface area contributed by atoms with E-state index >= 15 is 0 Å². The fourth-order valence-corrected chi connectivity index (χ4v) is 5.79. The molecular formula is C25H31N3O. The molecule has 1 saturated carbocycles. The van der Waals surface area contributed by atoms with Gasteiger partial charge in [-0.3, -0.25) is 14.7 Å². The Labute approximate surface area is 173 Å². The van der Waals surface area contributed by atoms with Gasteiger partial charge in [0.15, 0.2) is 0 Å². The van der Waals surface area contributed by atoms with Crippen LogP contribution in [0.3, 0.4) is 0 Å². The Morgan fingerprint density at radius 3 is 2.76 bits per heavy atom. The molecule has 2 fully saturated rings. The van der Waals surface area contributed by atoms with Gasteiger partial charge in [0.1, 0.15) is 0 Å². The fraction of sp³-hybridized carbons (Fsp3) is 0.520. The molecule has 1 spiro atoms. The highest BCUT2D eigenvalue weighted by atomic mass is 16.2. The number of benzene rings is 1. The molecule has 1 aliphatic carbocycles. The third kappa shape index (κ3) is 3.59. The van der Waals surface area contributed by atoms with Crippen molar-refractivity contribution in [2.45, 2.75) is 63.5 Å². The number of rotatable bonds is 3. The smallest absolute Gasteiger partial charge is 0.230 e. The van der Waals surface area contributed by atoms with Crippen LogP contribution in [-0.4, -0.2) is 34.4 Å². The summed E-state index contributed by atoms with van der Waals surface area (Å²) in [6.07, 6.45) is 13.0. The molecule has 1 unspecified atom stereocenters. The zero-order valence-electron chi connectivity index (χ0n) is 17.2. The fourth-order valence-electron chi connectivity index (χ4n) is 5.79. The number of aromatic nitrogens is 1. The molecule has 3 aliphatic rings. The van der Waals surface area contributed by atoms with Gasteiger partial charge in [0, 0.05) is 42.6 Å². The van der Waals surface area contributed by atoms with Gasteiger partial charge in [-0.1, -0.05) is 43.5 Å². The first-order valence-corrected chi connectivity index (χ1v) is 11.3. The maximum absolute atomic E-state index is 13.6. The SMILES string of the molecule is O=C(C1CCCC1)N1CC2(CCCCN2Cc2cccnc2)Cc2ccccc21. The van der Waals surface area contributed by atoms with Crippen LogP contribution in [0.15, 0.2) is 48.8 Å². The van der Waals surface area contributed by atoms with Crippen LogP contribution in [0.4, 0.5) is 5.69 Å². The highest BCUT2D eigenvalue weighted by Crippen LogP contribution is 2.42. The Hall–Kier alpha value is -2.20. The van der Waals surface area contributed by atoms with Crippen LogP contribution in [0.1, 0.15) is 56.1 Å². The van der Waals surface area contributed by atoms with E-state index in [1.807, 2.05) is 18.5 Å². The highest BCUT2D eigenvalue weighted by molar-refractivity contribution is 5.96. The number of likely N-dealkylation sites (tertiary alicyclic amines) is 1. The van der Waals surface area contributed by atoms with Crippen molar-refractivity contribution in [3.8, 4) is 0 Å². The van der Waals surface area contributed by atoms with Gasteiger partial charge in [-0.2, -0.15) is 0 Å². The number of carbonyl (C=O) groups is 1. The van der Waals surface area contributed by atoms with Crippen LogP contribution in [0.5, 0.6) is 0 Å². The summed E-state index contributed by atoms with van der Waals surface area (Å²) < 4.78 is 0. The van der Waals surface area contributed by atoms with Crippen molar-refractivity contribution in [1.82, 2.24) is 9.88 Å². The van der Waals surface area contributed by atoms with E-state index in [4.69, 9.17) is 0 Å². The number of piperidine rings is 1. The predicted molar refractivity (Wildman–Crippen MR) is 116 cm³/mol. The largest absolute Gasteiger partial charge is 0.310 e. The average molecular weight is 390 g/mol. The lowest BCUT2D eigenvalue weighted by Crippen LogP contribution is -2.62. The van der Waals surface area contributed by atoms with E-state index in [-0.39, 0.29) is 11.5 Å². The number of anilines is 1. The van der Waals surface area contributed by atoms with Gasteiger partial charge in [-0.25, -0.2) is 0 Å². The van der Waals surface area contributed by atoms with E-state index < -0.39 is 0 Å². The Kier molecular flexibility index (Phi) is 5.13. The molecule has 29 heavy (non-hydrogen) atoms. The lowest BCUT2D eigenvalue weighted by Gasteiger charge is -2.53. The van der Waals surface area contributed by atoms with Crippen LogP contribution >= 0.6 is 0 Å². The van der Waals surface area contributed by atoms with E-state index in [0.717, 1.165) is 51.0 Å². The molecule has 2 aliphatic heterocycles. The Balaban J connectivity index is 1.49. The number of pyridine rings is 1. The maximum Gasteiger partial charge on any atom is 0.230 e. The summed E-state index contributed by atoms with van der Waals surface area (Å²) >= 11 is 0. The molecule has 1 atom stereocenters. The van der Waals surface area contributed by atoms with E-state index in [0.29, 0.717) is 5.91 Å². The number of fused-ring (bicyclic) bond motifs is 1. The maximum atomic E-state index is 13.6. The molecule has 4 nitrogen and oxygen atoms in total. The second-order valence-electron chi connectivity index (χ2n) is 9.18. The summed E-state index contributed by atoms with van der Waals surface area (Å²) in [5, 5.41) is 0. The lowest BCUT2D eigenvalue weighted by atomic mass is 9.77. The number of hydrogen-bond acceptors (Lipinski definition) is 3. The van der Waals surface area contributed by atoms with Crippen molar-refractivity contribution < 1.29 is 4.79 Å². The number of nitrogens with zero attached hydrogens (tertiary/aromatic N) is 3. The average Bonchev–Trinajstić information content (AvgIpc) is 3.30. The number of carbonyl (C=O) groups excluding carboxylic acids is 1. The number of hydrogen-bond donors (Lipinski definition) is 0. The minimum Gasteiger partial charge on any atom is -0.310 e. The van der Waals surface area contributed by atoms with E-state index in [1.165, 1.54) is 36.8 Å². The molecule has 1 aromatic heterocycles. The van der Waals surface area contributed by atoms with Gasteiger partial charge < -0.3 is 4.90 Å². The first-order chi connectivity index (χ1) is 14.3. The van der Waals surface area contributed by atoms with Crippen molar-refractivity contribution in [3.05, 3.63) is 59.9 Å². The van der Waals surface area contributed by atoms with Gasteiger partial charge in [0.05, 0.1) is 0 Å². The molecule has 0 radical (unpaired) electrons. The third-order valence-electron chi connectivity index (χ3n) is 7.31. The standard InChI is InChI=1S/C25H31N3O/c29-24(21-9-1-2-10-21)28-19-25(16-22-11-3-4-12-23(22)28)13-5-6-15-27(25)18-20-8-7-14-26-17-20/h3-4,7-8,11-12,14,17,21H,1-2,5-6,9-10,13,15-16,18-19H2. The molecular weight excluding hydrogens is 358 g/mol. The molecule has 1 amide bonds. The van der Waals surface area contributed by atoms with Crippen molar-refractivity contribution in [2.75, 3.05) is 18.0 Å². The van der Waals surface area contributed by atoms with E-state index in [1.54, 1.807) is 0 Å². The minimum atomic E-state index is 0.0384. The molecule has 0 bridgehead atoms. The molecule has 1 aromatic carbocycles. The van der Waals surface area contributed by atoms with Crippen LogP contribution in [0, 0.1) is 5.92 Å². The van der Waals surface area contributed by atoms with Crippen molar-refractivity contribution >= 4 is 11.6 Å². The summed E-state index contributed by atoms with van der Waals surface area (Å²) in [7, 11) is 0. The lowest BCUT2D eigenvalue weighted by molar-refractivity contribution is -0.123. The topological polar surface area (TPSA) is 36.4 Å². The quantitative estimate of drug-likeness (QED) is 0.771. The second-order valence-corrected chi connectivity index (χ2v) is 9.18. The first-order valence-electron chi connectivity index (χ1n) is 11.3. The summed E-state index contributed by atoms with van der Waals surface area (Å²) in [5.74, 6) is 0.578. The van der Waals surface area contributed by atoms with Crippen molar-refractivity contribution in [3.63, 3.8) is 0 Å². The molecule has 152 valence electrons. The molecule has 3 heterocycles. The molecule has 4 heteroatoms. The monoisotopic (exact) mass is 389 g/mol. The van der Waals surface area contributed by atoms with Crippen LogP contribution in [0.25, 0.3) is 0 Å². The zero-order valence-corrected chi connectivity index (χ0v) is 17.2. The van der Waals surface area contributed by atoms with E-state index in [9.17, 15) is 4.79 Å². The van der Waals surface area contributed by atoms with Crippen LogP contribution < -0.4 is 4.90 Å². The highest BCUT2D eigenvalue weighted by Gasteiger charge is 2.46. The van der Waals surface area contributed by atoms with Crippen molar-refractivity contribution in [2.24, 2.45) is 5.92 Å². The predicted octanol–water partition coefficient (Wildman–Crippen LogP) is 4.59. The summed E-state index contributed by atoms with van der Waals surface area (Å²) in [4.78, 5) is 22.7. The number of para-hydroxylation sites is 1. The van der Waals surface area contributed by atoms with E-state index in [2.05, 4.69) is 45.1 Å². The summed E-state index contributed by atoms with van der Waals surface area (Å²) in [6.45, 7) is 2.85. The normalized spacial score (nSPS) is 25.3. The Morgan fingerprint density at radius 2 is 1.93 bits per heavy atom. The van der Waals surface area contributed by atoms with Crippen LogP contribution in [0.2, 0.25) is 0 Å². The summed E-state index contributed by atoms with van der Waals surface area (Å²) in [5.41, 5.74) is 3.79. The zero-order chi connectivity index (χ0) is 19.7. The van der Waals surface area contributed by atoms with Gasteiger partial charge in [0.25, 0.3) is 0 Å². The second kappa shape index (κ2) is 7.91. The molecule has 2 aromatic rings. The molecule has 5 rings (SSSR count). The van der Waals surface area contributed by atoms with Gasteiger partial charge in [-0.05, 0) is 61.9 Å². The molecule has 0 N–H and O–H groups in total. The van der Waals surface area contributed by atoms with Gasteiger partial charge >= 0.3 is 0 Å². The first kappa shape index (κ1) is 18.8. The van der Waals surface area contributed by atoms with Crippen LogP contribution in [-0.2, 0) is 17.8 Å². The van der Waals surface area contributed by atoms with Gasteiger partial charge in [0.2, 0.25) is 5.91 Å². The Bertz CT molecular complexity index is 861. The van der Waals surface area contributed by atoms with Crippen molar-refractivity contribution in [1.29, 1.82) is 0 Å². The Morgan fingerprint density at radius 1 is 1.07 bits per heavy atom. The minimum absolute atomic E-state index is 0.0384. The summed E-state index contributed by atoms with van der Waals surface area (Å²) in [6, 6.07) is 12.8. The number of amides is 1.